The summed E-state index contributed by atoms with van der Waals surface area (Å²) in [4.78, 5) is 11.9. The second-order valence-electron chi connectivity index (χ2n) is 4.79. The normalized spacial score (nSPS) is 10.6. The van der Waals surface area contributed by atoms with Crippen LogP contribution < -0.4 is 10.6 Å². The van der Waals surface area contributed by atoms with E-state index < -0.39 is 0 Å². The molecule has 0 aliphatic carbocycles. The first-order chi connectivity index (χ1) is 10.9. The molecule has 2 rings (SSSR count). The van der Waals surface area contributed by atoms with E-state index in [0.29, 0.717) is 10.0 Å². The smallest absolute Gasteiger partial charge is 0.250 e. The minimum Gasteiger partial charge on any atom is -0.332 e. The molecule has 0 atom stereocenters. The predicted octanol–water partition coefficient (Wildman–Crippen LogP) is 4.83. The minimum atomic E-state index is -0.322. The van der Waals surface area contributed by atoms with Crippen molar-refractivity contribution >= 4 is 58.2 Å². The molecule has 0 fully saturated rings. The lowest BCUT2D eigenvalue weighted by Crippen LogP contribution is -2.33. The van der Waals surface area contributed by atoms with E-state index in [1.807, 2.05) is 25.1 Å². The van der Waals surface area contributed by atoms with Gasteiger partial charge in [-0.1, -0.05) is 41.4 Å². The minimum absolute atomic E-state index is 0.209. The number of carbonyl (C=O) groups is 1. The molecule has 0 spiro atoms. The fourth-order valence-electron chi connectivity index (χ4n) is 1.78. The van der Waals surface area contributed by atoms with Crippen LogP contribution in [0.2, 0.25) is 10.0 Å². The van der Waals surface area contributed by atoms with E-state index in [1.54, 1.807) is 30.3 Å². The Bertz CT molecular complexity index is 758. The topological polar surface area (TPSA) is 41.1 Å². The van der Waals surface area contributed by atoms with Crippen molar-refractivity contribution in [2.24, 2.45) is 0 Å². The Hall–Kier alpha value is -1.88. The Morgan fingerprint density at radius 1 is 1.09 bits per heavy atom. The van der Waals surface area contributed by atoms with Gasteiger partial charge in [0.15, 0.2) is 5.11 Å². The Labute approximate surface area is 150 Å². The zero-order valence-corrected chi connectivity index (χ0v) is 14.6. The highest BCUT2D eigenvalue weighted by Gasteiger charge is 2.04. The molecule has 0 aromatic heterocycles. The summed E-state index contributed by atoms with van der Waals surface area (Å²) in [5.41, 5.74) is 2.60. The highest BCUT2D eigenvalue weighted by Crippen LogP contribution is 2.20. The standard InChI is InChI=1S/C17H14Cl2N2OS/c1-11-2-6-14(19)10-15(11)20-17(23)21-16(22)9-5-12-3-7-13(18)8-4-12/h2-10H,1H3,(H2,20,21,22,23)/b9-5+. The van der Waals surface area contributed by atoms with Crippen LogP contribution in [-0.2, 0) is 4.79 Å². The van der Waals surface area contributed by atoms with Gasteiger partial charge in [-0.05, 0) is 60.6 Å². The maximum atomic E-state index is 11.9. The van der Waals surface area contributed by atoms with Gasteiger partial charge in [0.1, 0.15) is 0 Å². The molecule has 0 saturated carbocycles. The van der Waals surface area contributed by atoms with Crippen molar-refractivity contribution in [2.45, 2.75) is 6.92 Å². The van der Waals surface area contributed by atoms with Gasteiger partial charge < -0.3 is 5.32 Å². The maximum absolute atomic E-state index is 11.9. The molecule has 2 N–H and O–H groups in total. The monoisotopic (exact) mass is 364 g/mol. The van der Waals surface area contributed by atoms with E-state index >= 15 is 0 Å². The van der Waals surface area contributed by atoms with Crippen LogP contribution in [0.3, 0.4) is 0 Å². The van der Waals surface area contributed by atoms with Crippen LogP contribution in [0.4, 0.5) is 5.69 Å². The first-order valence-electron chi connectivity index (χ1n) is 6.76. The summed E-state index contributed by atoms with van der Waals surface area (Å²) in [6.07, 6.45) is 3.08. The number of nitrogens with one attached hydrogen (secondary N) is 2. The van der Waals surface area contributed by atoms with Crippen LogP contribution in [0, 0.1) is 6.92 Å². The van der Waals surface area contributed by atoms with Crippen molar-refractivity contribution in [3.05, 3.63) is 69.7 Å². The summed E-state index contributed by atoms with van der Waals surface area (Å²) < 4.78 is 0. The Balaban J connectivity index is 1.93. The molecule has 0 aliphatic rings. The number of amides is 1. The molecule has 3 nitrogen and oxygen atoms in total. The number of aryl methyl sites for hydroxylation is 1. The molecule has 2 aromatic carbocycles. The average molecular weight is 365 g/mol. The summed E-state index contributed by atoms with van der Waals surface area (Å²) in [6.45, 7) is 1.92. The van der Waals surface area contributed by atoms with Gasteiger partial charge in [-0.25, -0.2) is 0 Å². The molecule has 0 bridgehead atoms. The van der Waals surface area contributed by atoms with Crippen molar-refractivity contribution in [1.82, 2.24) is 5.32 Å². The second kappa shape index (κ2) is 8.11. The largest absolute Gasteiger partial charge is 0.332 e. The molecule has 0 saturated heterocycles. The lowest BCUT2D eigenvalue weighted by atomic mass is 10.2. The van der Waals surface area contributed by atoms with E-state index in [2.05, 4.69) is 10.6 Å². The van der Waals surface area contributed by atoms with Crippen LogP contribution in [-0.4, -0.2) is 11.0 Å². The third-order valence-electron chi connectivity index (χ3n) is 2.98. The van der Waals surface area contributed by atoms with Crippen molar-refractivity contribution in [1.29, 1.82) is 0 Å². The lowest BCUT2D eigenvalue weighted by molar-refractivity contribution is -0.115. The quantitative estimate of drug-likeness (QED) is 0.605. The van der Waals surface area contributed by atoms with Gasteiger partial charge in [-0.3, -0.25) is 10.1 Å². The second-order valence-corrected chi connectivity index (χ2v) is 6.07. The van der Waals surface area contributed by atoms with Gasteiger partial charge in [-0.2, -0.15) is 0 Å². The van der Waals surface area contributed by atoms with Gasteiger partial charge >= 0.3 is 0 Å². The molecule has 1 amide bonds. The number of benzene rings is 2. The van der Waals surface area contributed by atoms with Crippen LogP contribution in [0.5, 0.6) is 0 Å². The van der Waals surface area contributed by atoms with Crippen molar-refractivity contribution in [2.75, 3.05) is 5.32 Å². The SMILES string of the molecule is Cc1ccc(Cl)cc1NC(=S)NC(=O)/C=C/c1ccc(Cl)cc1. The van der Waals surface area contributed by atoms with Crippen molar-refractivity contribution in [3.8, 4) is 0 Å². The zero-order chi connectivity index (χ0) is 16.8. The number of hydrogen-bond donors (Lipinski definition) is 2. The van der Waals surface area contributed by atoms with Crippen LogP contribution in [0.1, 0.15) is 11.1 Å². The fraction of sp³-hybridized carbons (Fsp3) is 0.0588. The Kier molecular flexibility index (Phi) is 6.16. The van der Waals surface area contributed by atoms with Crippen molar-refractivity contribution in [3.63, 3.8) is 0 Å². The van der Waals surface area contributed by atoms with Gasteiger partial charge in [0.25, 0.3) is 0 Å². The number of anilines is 1. The van der Waals surface area contributed by atoms with Gasteiger partial charge in [0.05, 0.1) is 0 Å². The highest BCUT2D eigenvalue weighted by molar-refractivity contribution is 7.80. The third-order valence-corrected chi connectivity index (χ3v) is 3.67. The summed E-state index contributed by atoms with van der Waals surface area (Å²) >= 11 is 16.9. The molecule has 6 heteroatoms. The molecule has 0 aliphatic heterocycles. The molecule has 0 radical (unpaired) electrons. The number of carbonyl (C=O) groups excluding carboxylic acids is 1. The van der Waals surface area contributed by atoms with Crippen LogP contribution in [0.25, 0.3) is 6.08 Å². The third kappa shape index (κ3) is 5.67. The van der Waals surface area contributed by atoms with Gasteiger partial charge in [-0.15, -0.1) is 0 Å². The number of rotatable bonds is 3. The molecule has 23 heavy (non-hydrogen) atoms. The van der Waals surface area contributed by atoms with Gasteiger partial charge in [0.2, 0.25) is 5.91 Å². The number of halogens is 2. The molecule has 0 unspecified atom stereocenters. The maximum Gasteiger partial charge on any atom is 0.250 e. The van der Waals surface area contributed by atoms with E-state index in [4.69, 9.17) is 35.4 Å². The molecular formula is C17H14Cl2N2OS. The van der Waals surface area contributed by atoms with Crippen LogP contribution >= 0.6 is 35.4 Å². The number of hydrogen-bond acceptors (Lipinski definition) is 2. The summed E-state index contributed by atoms with van der Waals surface area (Å²) in [5, 5.41) is 6.98. The molecular weight excluding hydrogens is 351 g/mol. The molecule has 2 aromatic rings. The predicted molar refractivity (Wildman–Crippen MR) is 101 cm³/mol. The zero-order valence-electron chi connectivity index (χ0n) is 12.3. The summed E-state index contributed by atoms with van der Waals surface area (Å²) in [5.74, 6) is -0.322. The molecule has 0 heterocycles. The molecule has 118 valence electrons. The fourth-order valence-corrected chi connectivity index (χ4v) is 2.29. The van der Waals surface area contributed by atoms with E-state index in [9.17, 15) is 4.79 Å². The number of thiocarbonyl (C=S) groups is 1. The van der Waals surface area contributed by atoms with Crippen LogP contribution in [0.15, 0.2) is 48.5 Å². The first kappa shape index (κ1) is 17.5. The first-order valence-corrected chi connectivity index (χ1v) is 7.92. The van der Waals surface area contributed by atoms with E-state index in [0.717, 1.165) is 16.8 Å². The van der Waals surface area contributed by atoms with Crippen molar-refractivity contribution < 1.29 is 4.79 Å². The summed E-state index contributed by atoms with van der Waals surface area (Å²) in [7, 11) is 0. The van der Waals surface area contributed by atoms with Gasteiger partial charge in [0, 0.05) is 21.8 Å². The van der Waals surface area contributed by atoms with E-state index in [-0.39, 0.29) is 11.0 Å². The average Bonchev–Trinajstić information content (AvgIpc) is 2.50. The summed E-state index contributed by atoms with van der Waals surface area (Å²) in [6, 6.07) is 12.6. The van der Waals surface area contributed by atoms with E-state index in [1.165, 1.54) is 6.08 Å². The Morgan fingerprint density at radius 2 is 1.74 bits per heavy atom. The highest BCUT2D eigenvalue weighted by atomic mass is 35.5. The lowest BCUT2D eigenvalue weighted by Gasteiger charge is -2.11. The Morgan fingerprint density at radius 3 is 2.43 bits per heavy atom.